The molecule has 0 saturated carbocycles. The van der Waals surface area contributed by atoms with Crippen LogP contribution in [0.15, 0.2) is 39.6 Å². The van der Waals surface area contributed by atoms with E-state index in [0.717, 1.165) is 23.2 Å². The predicted octanol–water partition coefficient (Wildman–Crippen LogP) is 4.85. The van der Waals surface area contributed by atoms with Gasteiger partial charge in [-0.05, 0) is 54.8 Å². The number of thioether (sulfide) groups is 1. The third-order valence-electron chi connectivity index (χ3n) is 4.67. The van der Waals surface area contributed by atoms with Crippen molar-refractivity contribution in [3.63, 3.8) is 0 Å². The van der Waals surface area contributed by atoms with Gasteiger partial charge >= 0.3 is 0 Å². The molecule has 28 heavy (non-hydrogen) atoms. The molecule has 1 aromatic carbocycles. The maximum absolute atomic E-state index is 12.9. The molecule has 7 heteroatoms. The van der Waals surface area contributed by atoms with E-state index in [4.69, 9.17) is 0 Å². The summed E-state index contributed by atoms with van der Waals surface area (Å²) in [6.45, 7) is 8.89. The minimum atomic E-state index is -0.103. The molecule has 0 atom stereocenters. The third kappa shape index (κ3) is 4.64. The zero-order chi connectivity index (χ0) is 20.3. The number of nitrogens with one attached hydrogen (secondary N) is 1. The molecule has 0 saturated heterocycles. The smallest absolute Gasteiger partial charge is 0.272 e. The lowest BCUT2D eigenvalue weighted by molar-refractivity contribution is -0.113. The summed E-state index contributed by atoms with van der Waals surface area (Å²) < 4.78 is 2.39. The number of anilines is 1. The topological polar surface area (TPSA) is 64.0 Å². The second-order valence-corrected chi connectivity index (χ2v) is 9.11. The minimum Gasteiger partial charge on any atom is -0.325 e. The molecular formula is C21H25N3O2S2. The van der Waals surface area contributed by atoms with E-state index < -0.39 is 0 Å². The number of hydrogen-bond acceptors (Lipinski definition) is 5. The van der Waals surface area contributed by atoms with Gasteiger partial charge in [0, 0.05) is 12.2 Å². The van der Waals surface area contributed by atoms with E-state index >= 15 is 0 Å². The Morgan fingerprint density at radius 1 is 1.29 bits per heavy atom. The highest BCUT2D eigenvalue weighted by atomic mass is 32.2. The van der Waals surface area contributed by atoms with Gasteiger partial charge in [0.05, 0.1) is 11.3 Å². The van der Waals surface area contributed by atoms with Gasteiger partial charge in [-0.2, -0.15) is 0 Å². The highest BCUT2D eigenvalue weighted by molar-refractivity contribution is 7.99. The van der Waals surface area contributed by atoms with Gasteiger partial charge < -0.3 is 5.32 Å². The van der Waals surface area contributed by atoms with Crippen molar-refractivity contribution in [3.8, 4) is 0 Å². The molecule has 0 fully saturated rings. The molecule has 148 valence electrons. The highest BCUT2D eigenvalue weighted by Crippen LogP contribution is 2.23. The maximum atomic E-state index is 12.9. The fourth-order valence-electron chi connectivity index (χ4n) is 2.82. The second-order valence-electron chi connectivity index (χ2n) is 7.25. The first kappa shape index (κ1) is 20.6. The number of aromatic nitrogens is 2. The fraction of sp³-hybridized carbons (Fsp3) is 0.381. The molecule has 5 nitrogen and oxygen atoms in total. The van der Waals surface area contributed by atoms with Crippen molar-refractivity contribution >= 4 is 44.9 Å². The molecule has 2 aromatic heterocycles. The number of benzene rings is 1. The van der Waals surface area contributed by atoms with Crippen molar-refractivity contribution in [1.82, 2.24) is 9.55 Å². The Balaban J connectivity index is 1.79. The van der Waals surface area contributed by atoms with Crippen molar-refractivity contribution in [2.45, 2.75) is 45.8 Å². The summed E-state index contributed by atoms with van der Waals surface area (Å²) in [5.41, 5.74) is 3.71. The van der Waals surface area contributed by atoms with Crippen LogP contribution in [0.1, 0.15) is 31.4 Å². The zero-order valence-corrected chi connectivity index (χ0v) is 18.2. The number of fused-ring (bicyclic) bond motifs is 1. The number of hydrogen-bond donors (Lipinski definition) is 1. The standard InChI is InChI=1S/C21H25N3O2S2/c1-13(2)8-10-24-20(26)19-17(9-11-27-19)23-21(24)28-12-18(25)22-16-7-5-6-14(3)15(16)4/h5-7,9,11,13H,8,10,12H2,1-4H3,(H,22,25). The van der Waals surface area contributed by atoms with Gasteiger partial charge in [0.2, 0.25) is 5.91 Å². The van der Waals surface area contributed by atoms with E-state index in [-0.39, 0.29) is 17.2 Å². The Morgan fingerprint density at radius 2 is 2.07 bits per heavy atom. The second kappa shape index (κ2) is 8.92. The van der Waals surface area contributed by atoms with Crippen LogP contribution in [0.4, 0.5) is 5.69 Å². The van der Waals surface area contributed by atoms with E-state index in [1.54, 1.807) is 4.57 Å². The van der Waals surface area contributed by atoms with Crippen LogP contribution in [-0.4, -0.2) is 21.2 Å². The molecule has 1 N–H and O–H groups in total. The van der Waals surface area contributed by atoms with Crippen LogP contribution in [0.2, 0.25) is 0 Å². The summed E-state index contributed by atoms with van der Waals surface area (Å²) in [5, 5.41) is 5.45. The normalized spacial score (nSPS) is 11.3. The van der Waals surface area contributed by atoms with E-state index in [1.165, 1.54) is 23.1 Å². The summed E-state index contributed by atoms with van der Waals surface area (Å²) >= 11 is 2.73. The molecular weight excluding hydrogens is 390 g/mol. The van der Waals surface area contributed by atoms with Gasteiger partial charge in [-0.1, -0.05) is 37.7 Å². The Kier molecular flexibility index (Phi) is 6.57. The molecule has 0 aliphatic rings. The zero-order valence-electron chi connectivity index (χ0n) is 16.6. The van der Waals surface area contributed by atoms with Crippen LogP contribution in [0.25, 0.3) is 10.2 Å². The predicted molar refractivity (Wildman–Crippen MR) is 119 cm³/mol. The molecule has 3 aromatic rings. The number of carbonyl (C=O) groups is 1. The van der Waals surface area contributed by atoms with E-state index in [2.05, 4.69) is 24.1 Å². The van der Waals surface area contributed by atoms with Crippen LogP contribution in [0.5, 0.6) is 0 Å². The monoisotopic (exact) mass is 415 g/mol. The number of aryl methyl sites for hydroxylation is 1. The van der Waals surface area contributed by atoms with Gasteiger partial charge in [-0.25, -0.2) is 4.98 Å². The molecule has 0 aliphatic heterocycles. The average molecular weight is 416 g/mol. The molecule has 0 aliphatic carbocycles. The van der Waals surface area contributed by atoms with Crippen molar-refractivity contribution in [2.75, 3.05) is 11.1 Å². The van der Waals surface area contributed by atoms with Gasteiger partial charge in [-0.15, -0.1) is 11.3 Å². The quantitative estimate of drug-likeness (QED) is 0.442. The average Bonchev–Trinajstić information content (AvgIpc) is 3.12. The lowest BCUT2D eigenvalue weighted by atomic mass is 10.1. The van der Waals surface area contributed by atoms with Crippen LogP contribution < -0.4 is 10.9 Å². The summed E-state index contributed by atoms with van der Waals surface area (Å²) in [4.78, 5) is 30.0. The summed E-state index contributed by atoms with van der Waals surface area (Å²) in [7, 11) is 0. The third-order valence-corrected chi connectivity index (χ3v) is 6.54. The number of carbonyl (C=O) groups excluding carboxylic acids is 1. The Morgan fingerprint density at radius 3 is 2.82 bits per heavy atom. The first-order valence-corrected chi connectivity index (χ1v) is 11.2. The number of rotatable bonds is 7. The van der Waals surface area contributed by atoms with Crippen molar-refractivity contribution in [2.24, 2.45) is 5.92 Å². The lowest BCUT2D eigenvalue weighted by Gasteiger charge is -2.14. The van der Waals surface area contributed by atoms with Gasteiger partial charge in [0.25, 0.3) is 5.56 Å². The largest absolute Gasteiger partial charge is 0.325 e. The summed E-state index contributed by atoms with van der Waals surface area (Å²) in [6, 6.07) is 7.71. The highest BCUT2D eigenvalue weighted by Gasteiger charge is 2.15. The SMILES string of the molecule is Cc1cccc(NC(=O)CSc2nc3ccsc3c(=O)n2CCC(C)C)c1C. The van der Waals surface area contributed by atoms with E-state index in [9.17, 15) is 9.59 Å². The fourth-order valence-corrected chi connectivity index (χ4v) is 4.42. The molecule has 0 bridgehead atoms. The van der Waals surface area contributed by atoms with Crippen LogP contribution in [0, 0.1) is 19.8 Å². The first-order chi connectivity index (χ1) is 13.4. The van der Waals surface area contributed by atoms with E-state index in [1.807, 2.05) is 43.5 Å². The first-order valence-electron chi connectivity index (χ1n) is 9.33. The molecule has 0 radical (unpaired) electrons. The Hall–Kier alpha value is -2.12. The molecule has 1 amide bonds. The molecule has 0 spiro atoms. The molecule has 0 unspecified atom stereocenters. The van der Waals surface area contributed by atoms with Crippen LogP contribution in [-0.2, 0) is 11.3 Å². The van der Waals surface area contributed by atoms with Gasteiger partial charge in [0.15, 0.2) is 5.16 Å². The van der Waals surface area contributed by atoms with Gasteiger partial charge in [0.1, 0.15) is 4.70 Å². The summed E-state index contributed by atoms with van der Waals surface area (Å²) in [5.74, 6) is 0.585. The Bertz CT molecular complexity index is 1050. The summed E-state index contributed by atoms with van der Waals surface area (Å²) in [6.07, 6.45) is 0.890. The number of nitrogens with zero attached hydrogens (tertiary/aromatic N) is 2. The van der Waals surface area contributed by atoms with Gasteiger partial charge in [-0.3, -0.25) is 14.2 Å². The number of amides is 1. The van der Waals surface area contributed by atoms with Crippen LogP contribution in [0.3, 0.4) is 0 Å². The number of thiophene rings is 1. The van der Waals surface area contributed by atoms with Crippen LogP contribution >= 0.6 is 23.1 Å². The van der Waals surface area contributed by atoms with Crippen molar-refractivity contribution in [3.05, 3.63) is 51.1 Å². The minimum absolute atomic E-state index is 0.0157. The molecule has 3 rings (SSSR count). The Labute approximate surface area is 173 Å². The maximum Gasteiger partial charge on any atom is 0.272 e. The lowest BCUT2D eigenvalue weighted by Crippen LogP contribution is -2.24. The van der Waals surface area contributed by atoms with E-state index in [0.29, 0.717) is 27.8 Å². The molecule has 2 heterocycles. The van der Waals surface area contributed by atoms with Crippen molar-refractivity contribution in [1.29, 1.82) is 0 Å². The van der Waals surface area contributed by atoms with Crippen molar-refractivity contribution < 1.29 is 4.79 Å².